The Labute approximate surface area is 186 Å². The van der Waals surface area contributed by atoms with Crippen LogP contribution in [-0.2, 0) is 42.7 Å². The fourth-order valence-corrected chi connectivity index (χ4v) is 2.01. The van der Waals surface area contributed by atoms with Gasteiger partial charge in [0, 0.05) is 20.0 Å². The molecule has 0 bridgehead atoms. The maximum atomic E-state index is 11.0. The number of nitrogens with one attached hydrogen (secondary N) is 1. The lowest BCUT2D eigenvalue weighted by Gasteiger charge is -2.08. The summed E-state index contributed by atoms with van der Waals surface area (Å²) in [5, 5.41) is 2.53. The van der Waals surface area contributed by atoms with Crippen molar-refractivity contribution in [1.29, 1.82) is 0 Å². The lowest BCUT2D eigenvalue weighted by atomic mass is 10.4. The van der Waals surface area contributed by atoms with Gasteiger partial charge in [-0.05, 0) is 0 Å². The van der Waals surface area contributed by atoms with Crippen molar-refractivity contribution >= 4 is 5.91 Å². The van der Waals surface area contributed by atoms with Crippen LogP contribution in [0.25, 0.3) is 0 Å². The maximum Gasteiger partial charge on any atom is 0.222 e. The molecule has 0 aromatic carbocycles. The zero-order valence-corrected chi connectivity index (χ0v) is 19.0. The van der Waals surface area contributed by atoms with Crippen LogP contribution < -0.4 is 11.1 Å². The minimum absolute atomic E-state index is 0.0319. The molecule has 0 spiro atoms. The molecule has 0 aliphatic carbocycles. The molecule has 186 valence electrons. The quantitative estimate of drug-likeness (QED) is 0.161. The summed E-state index contributed by atoms with van der Waals surface area (Å²) in [7, 11) is 1.60. The molecular weight excluding hydrogens is 412 g/mol. The van der Waals surface area contributed by atoms with Crippen molar-refractivity contribution in [3.05, 3.63) is 0 Å². The summed E-state index contributed by atoms with van der Waals surface area (Å²) in [5.74, 6) is -0.0319. The second-order valence-electron chi connectivity index (χ2n) is 6.11. The van der Waals surface area contributed by atoms with Crippen molar-refractivity contribution in [3.63, 3.8) is 0 Å². The minimum Gasteiger partial charge on any atom is -0.379 e. The predicted molar refractivity (Wildman–Crippen MR) is 114 cm³/mol. The average molecular weight is 455 g/mol. The fraction of sp³-hybridized carbons (Fsp3) is 0.950. The van der Waals surface area contributed by atoms with Gasteiger partial charge in [0.15, 0.2) is 0 Å². The van der Waals surface area contributed by atoms with Crippen LogP contribution in [0.5, 0.6) is 0 Å². The van der Waals surface area contributed by atoms with E-state index >= 15 is 0 Å². The molecule has 0 aliphatic heterocycles. The molecule has 0 saturated heterocycles. The third kappa shape index (κ3) is 27.1. The molecule has 0 heterocycles. The number of rotatable bonds is 26. The van der Waals surface area contributed by atoms with Gasteiger partial charge in [0.1, 0.15) is 0 Å². The first-order valence-electron chi connectivity index (χ1n) is 10.8. The molecule has 11 heteroatoms. The molecule has 1 amide bonds. The summed E-state index contributed by atoms with van der Waals surface area (Å²) in [6.45, 7) is 8.67. The van der Waals surface area contributed by atoms with Crippen LogP contribution in [0.15, 0.2) is 0 Å². The first kappa shape index (κ1) is 30.1. The second-order valence-corrected chi connectivity index (χ2v) is 6.11. The van der Waals surface area contributed by atoms with Crippen LogP contribution in [0, 0.1) is 0 Å². The van der Waals surface area contributed by atoms with Crippen LogP contribution in [0.1, 0.15) is 6.42 Å². The number of ether oxygens (including phenoxy) is 8. The van der Waals surface area contributed by atoms with Gasteiger partial charge in [-0.2, -0.15) is 0 Å². The molecule has 0 saturated carbocycles. The highest BCUT2D eigenvalue weighted by atomic mass is 16.6. The van der Waals surface area contributed by atoms with Crippen molar-refractivity contribution in [3.8, 4) is 0 Å². The molecule has 31 heavy (non-hydrogen) atoms. The summed E-state index contributed by atoms with van der Waals surface area (Å²) in [5.41, 5.74) is 5.31. The zero-order valence-electron chi connectivity index (χ0n) is 19.0. The van der Waals surface area contributed by atoms with Crippen molar-refractivity contribution < 1.29 is 42.7 Å². The van der Waals surface area contributed by atoms with Crippen molar-refractivity contribution in [2.24, 2.45) is 5.73 Å². The highest BCUT2D eigenvalue weighted by Gasteiger charge is 1.97. The molecule has 0 aliphatic rings. The molecule has 0 aromatic heterocycles. The van der Waals surface area contributed by atoms with Gasteiger partial charge in [-0.25, -0.2) is 0 Å². The standard InChI is InChI=1S/C20H42N2O9/c1-22-20(23)2-4-24-6-8-26-10-12-28-14-16-30-18-19-31-17-15-29-13-11-27-9-7-25-5-3-21/h2-19,21H2,1H3,(H,22,23). The molecular formula is C20H42N2O9. The Kier molecular flexibility index (Phi) is 26.4. The molecule has 3 N–H and O–H groups in total. The lowest BCUT2D eigenvalue weighted by molar-refractivity contribution is -0.121. The third-order valence-corrected chi connectivity index (χ3v) is 3.62. The minimum atomic E-state index is -0.0319. The first-order valence-corrected chi connectivity index (χ1v) is 10.8. The van der Waals surface area contributed by atoms with E-state index in [2.05, 4.69) is 5.32 Å². The molecule has 0 unspecified atom stereocenters. The van der Waals surface area contributed by atoms with Crippen molar-refractivity contribution in [2.75, 3.05) is 119 Å². The summed E-state index contributed by atoms with van der Waals surface area (Å²) in [4.78, 5) is 11.0. The van der Waals surface area contributed by atoms with E-state index in [0.717, 1.165) is 0 Å². The van der Waals surface area contributed by atoms with E-state index < -0.39 is 0 Å². The Morgan fingerprint density at radius 2 is 0.774 bits per heavy atom. The number of nitrogens with two attached hydrogens (primary N) is 1. The van der Waals surface area contributed by atoms with Gasteiger partial charge >= 0.3 is 0 Å². The second kappa shape index (κ2) is 27.1. The maximum absolute atomic E-state index is 11.0. The van der Waals surface area contributed by atoms with Gasteiger partial charge in [-0.1, -0.05) is 0 Å². The number of carbonyl (C=O) groups is 1. The highest BCUT2D eigenvalue weighted by molar-refractivity contribution is 5.75. The van der Waals surface area contributed by atoms with E-state index in [9.17, 15) is 4.79 Å². The summed E-state index contributed by atoms with van der Waals surface area (Å²) in [6, 6.07) is 0. The largest absolute Gasteiger partial charge is 0.379 e. The number of hydrogen-bond donors (Lipinski definition) is 2. The number of carbonyl (C=O) groups excluding carboxylic acids is 1. The Bertz CT molecular complexity index is 366. The van der Waals surface area contributed by atoms with Gasteiger partial charge in [-0.15, -0.1) is 0 Å². The Morgan fingerprint density at radius 3 is 1.03 bits per heavy atom. The smallest absolute Gasteiger partial charge is 0.222 e. The van der Waals surface area contributed by atoms with E-state index in [0.29, 0.717) is 119 Å². The molecule has 0 radical (unpaired) electrons. The summed E-state index contributed by atoms with van der Waals surface area (Å²) in [6.07, 6.45) is 0.362. The SMILES string of the molecule is CNC(=O)CCOCCOCCOCCOCCOCCOCCOCCOCCN. The molecule has 0 fully saturated rings. The predicted octanol–water partition coefficient (Wildman–Crippen LogP) is -0.786. The topological polar surface area (TPSA) is 129 Å². The monoisotopic (exact) mass is 454 g/mol. The third-order valence-electron chi connectivity index (χ3n) is 3.62. The van der Waals surface area contributed by atoms with E-state index in [1.165, 1.54) is 0 Å². The lowest BCUT2D eigenvalue weighted by Crippen LogP contribution is -2.20. The van der Waals surface area contributed by atoms with Crippen LogP contribution >= 0.6 is 0 Å². The zero-order chi connectivity index (χ0) is 22.7. The summed E-state index contributed by atoms with van der Waals surface area (Å²) < 4.78 is 42.8. The van der Waals surface area contributed by atoms with Gasteiger partial charge in [-0.3, -0.25) is 4.79 Å². The van der Waals surface area contributed by atoms with Gasteiger partial charge in [0.05, 0.1) is 106 Å². The Balaban J connectivity index is 3.01. The fourth-order valence-electron chi connectivity index (χ4n) is 2.01. The van der Waals surface area contributed by atoms with Crippen LogP contribution in [0.3, 0.4) is 0 Å². The Morgan fingerprint density at radius 1 is 0.516 bits per heavy atom. The van der Waals surface area contributed by atoms with Gasteiger partial charge in [0.2, 0.25) is 5.91 Å². The van der Waals surface area contributed by atoms with Crippen molar-refractivity contribution in [1.82, 2.24) is 5.32 Å². The normalized spacial score (nSPS) is 11.2. The van der Waals surface area contributed by atoms with Gasteiger partial charge < -0.3 is 48.9 Å². The van der Waals surface area contributed by atoms with E-state index in [1.54, 1.807) is 7.05 Å². The van der Waals surface area contributed by atoms with Crippen LogP contribution in [-0.4, -0.2) is 125 Å². The summed E-state index contributed by atoms with van der Waals surface area (Å²) >= 11 is 0. The Hall–Kier alpha value is -0.890. The molecule has 0 aromatic rings. The molecule has 0 atom stereocenters. The van der Waals surface area contributed by atoms with Crippen LogP contribution in [0.4, 0.5) is 0 Å². The number of amides is 1. The van der Waals surface area contributed by atoms with E-state index in [1.807, 2.05) is 0 Å². The highest BCUT2D eigenvalue weighted by Crippen LogP contribution is 1.86. The first-order chi connectivity index (χ1) is 15.3. The van der Waals surface area contributed by atoms with E-state index in [-0.39, 0.29) is 5.91 Å². The van der Waals surface area contributed by atoms with Crippen LogP contribution in [0.2, 0.25) is 0 Å². The van der Waals surface area contributed by atoms with Gasteiger partial charge in [0.25, 0.3) is 0 Å². The average Bonchev–Trinajstić information content (AvgIpc) is 2.78. The van der Waals surface area contributed by atoms with E-state index in [4.69, 9.17) is 43.6 Å². The number of hydrogen-bond acceptors (Lipinski definition) is 10. The van der Waals surface area contributed by atoms with Crippen molar-refractivity contribution in [2.45, 2.75) is 6.42 Å². The molecule has 11 nitrogen and oxygen atoms in total. The molecule has 0 rings (SSSR count).